The number of likely N-dealkylation sites (N-methyl/N-ethyl adjacent to an activating group) is 2. The van der Waals surface area contributed by atoms with E-state index in [0.717, 1.165) is 55.6 Å². The first-order valence-electron chi connectivity index (χ1n) is 26.5. The SMILES string of the molecule is CCCC(NC(=O)[C@@H]1CC2(CN1CC)SCCCS2)C(=O)C(=O)NCC(=O)N[C@H](C(C)=O)c1ccccc1.CCCC(NC(=O)[C@@H]1CC2(CN1CC)SCCCS2)C(O)C(=O)NCC(=O)N[C@H](C(C)=O)c1ccccc1. The van der Waals surface area contributed by atoms with E-state index in [1.165, 1.54) is 26.7 Å². The fourth-order valence-electron chi connectivity index (χ4n) is 9.79. The topological polar surface area (TPSA) is 253 Å². The van der Waals surface area contributed by atoms with Crippen molar-refractivity contribution in [1.29, 1.82) is 0 Å². The largest absolute Gasteiger partial charge is 0.381 e. The molecule has 6 rings (SSSR count). The van der Waals surface area contributed by atoms with Crippen LogP contribution in [0.15, 0.2) is 60.7 Å². The number of Topliss-reactive ketones (excluding diaryl/α,β-unsaturated/α-hetero) is 3. The van der Waals surface area contributed by atoms with Crippen molar-refractivity contribution in [2.45, 2.75) is 143 Å². The highest BCUT2D eigenvalue weighted by molar-refractivity contribution is 8.19. The molecule has 4 saturated heterocycles. The van der Waals surface area contributed by atoms with E-state index in [2.05, 4.69) is 41.7 Å². The lowest BCUT2D eigenvalue weighted by Gasteiger charge is -2.31. The highest BCUT2D eigenvalue weighted by atomic mass is 32.2. The molecular weight excluding hydrogens is 1050 g/mol. The fraction of sp³-hybridized carbons (Fsp3) is 0.611. The number of ketones is 3. The minimum Gasteiger partial charge on any atom is -0.381 e. The van der Waals surface area contributed by atoms with Crippen LogP contribution in [-0.4, -0.2) is 168 Å². The predicted molar refractivity (Wildman–Crippen MR) is 303 cm³/mol. The Morgan fingerprint density at radius 3 is 1.42 bits per heavy atom. The van der Waals surface area contributed by atoms with Gasteiger partial charge in [0.05, 0.1) is 45.4 Å². The van der Waals surface area contributed by atoms with Gasteiger partial charge < -0.3 is 37.0 Å². The molecule has 0 aliphatic carbocycles. The van der Waals surface area contributed by atoms with Crippen LogP contribution in [-0.2, 0) is 43.2 Å². The summed E-state index contributed by atoms with van der Waals surface area (Å²) in [6, 6.07) is 13.6. The minimum absolute atomic E-state index is 0.00272. The van der Waals surface area contributed by atoms with Crippen molar-refractivity contribution >= 4 is 99.8 Å². The smallest absolute Gasteiger partial charge is 0.290 e. The molecule has 7 atom stereocenters. The number of aliphatic hydroxyl groups excluding tert-OH is 1. The van der Waals surface area contributed by atoms with Gasteiger partial charge in [-0.1, -0.05) is 101 Å². The number of nitrogens with one attached hydrogen (secondary N) is 6. The Kier molecular flexibility index (Phi) is 25.1. The maximum atomic E-state index is 13.3. The van der Waals surface area contributed by atoms with Crippen LogP contribution < -0.4 is 31.9 Å². The lowest BCUT2D eigenvalue weighted by Crippen LogP contribution is -2.55. The van der Waals surface area contributed by atoms with Crippen LogP contribution in [0.5, 0.6) is 0 Å². The lowest BCUT2D eigenvalue weighted by molar-refractivity contribution is -0.141. The Bertz CT molecular complexity index is 2310. The van der Waals surface area contributed by atoms with Crippen LogP contribution in [0.2, 0.25) is 0 Å². The summed E-state index contributed by atoms with van der Waals surface area (Å²) in [7, 11) is 0. The van der Waals surface area contributed by atoms with Crippen molar-refractivity contribution in [1.82, 2.24) is 41.7 Å². The zero-order valence-electron chi connectivity index (χ0n) is 44.7. The highest BCUT2D eigenvalue weighted by Gasteiger charge is 2.50. The number of aliphatic hydroxyl groups is 1. The molecule has 18 nitrogen and oxygen atoms in total. The second-order valence-electron chi connectivity index (χ2n) is 19.5. The minimum atomic E-state index is -1.51. The molecule has 418 valence electrons. The van der Waals surface area contributed by atoms with Crippen molar-refractivity contribution < 1.29 is 48.3 Å². The Hall–Kier alpha value is -4.45. The second kappa shape index (κ2) is 30.6. The third kappa shape index (κ3) is 17.8. The molecule has 2 aromatic rings. The predicted octanol–water partition coefficient (Wildman–Crippen LogP) is 3.92. The van der Waals surface area contributed by atoms with E-state index in [4.69, 9.17) is 0 Å². The van der Waals surface area contributed by atoms with E-state index in [9.17, 15) is 48.3 Å². The van der Waals surface area contributed by atoms with E-state index in [0.29, 0.717) is 43.2 Å². The summed E-state index contributed by atoms with van der Waals surface area (Å²) in [5.41, 5.74) is 1.27. The van der Waals surface area contributed by atoms with Gasteiger partial charge in [-0.05, 0) is 99.6 Å². The van der Waals surface area contributed by atoms with Gasteiger partial charge in [0, 0.05) is 13.1 Å². The molecule has 0 aromatic heterocycles. The molecule has 0 radical (unpaired) electrons. The van der Waals surface area contributed by atoms with Crippen molar-refractivity contribution in [3.05, 3.63) is 71.8 Å². The average molecular weight is 1130 g/mol. The Balaban J connectivity index is 0.000000281. The summed E-state index contributed by atoms with van der Waals surface area (Å²) in [6.45, 7) is 12.9. The molecule has 2 spiro atoms. The third-order valence-electron chi connectivity index (χ3n) is 13.8. The monoisotopic (exact) mass is 1130 g/mol. The normalized spacial score (nSPS) is 20.8. The quantitative estimate of drug-likeness (QED) is 0.0736. The zero-order chi connectivity index (χ0) is 55.4. The average Bonchev–Trinajstić information content (AvgIpc) is 3.97. The van der Waals surface area contributed by atoms with Crippen LogP contribution in [0, 0.1) is 0 Å². The van der Waals surface area contributed by atoms with E-state index in [-0.39, 0.29) is 43.6 Å². The third-order valence-corrected chi connectivity index (χ3v) is 20.4. The molecule has 4 fully saturated rings. The molecule has 4 heterocycles. The van der Waals surface area contributed by atoms with Gasteiger partial charge >= 0.3 is 0 Å². The number of nitrogens with zero attached hydrogens (tertiary/aromatic N) is 2. The molecule has 3 unspecified atom stereocenters. The fourth-order valence-corrected chi connectivity index (χ4v) is 16.6. The van der Waals surface area contributed by atoms with E-state index in [1.54, 1.807) is 54.6 Å². The van der Waals surface area contributed by atoms with Crippen molar-refractivity contribution in [3.63, 3.8) is 0 Å². The van der Waals surface area contributed by atoms with Crippen LogP contribution in [0.3, 0.4) is 0 Å². The van der Waals surface area contributed by atoms with Gasteiger partial charge in [-0.2, -0.15) is 0 Å². The van der Waals surface area contributed by atoms with Gasteiger partial charge in [-0.15, -0.1) is 47.0 Å². The van der Waals surface area contributed by atoms with Gasteiger partial charge in [-0.25, -0.2) is 0 Å². The maximum absolute atomic E-state index is 13.3. The number of benzene rings is 2. The molecule has 22 heteroatoms. The highest BCUT2D eigenvalue weighted by Crippen LogP contribution is 2.51. The number of likely N-dealkylation sites (tertiary alicyclic amines) is 2. The van der Waals surface area contributed by atoms with Gasteiger partial charge in [0.25, 0.3) is 11.8 Å². The molecule has 0 saturated carbocycles. The Morgan fingerprint density at radius 1 is 0.592 bits per heavy atom. The number of amides is 6. The molecule has 76 heavy (non-hydrogen) atoms. The second-order valence-corrected chi connectivity index (χ2v) is 25.9. The summed E-state index contributed by atoms with van der Waals surface area (Å²) in [6.07, 6.45) is 4.28. The number of hydrogen-bond acceptors (Lipinski definition) is 16. The molecule has 4 aliphatic rings. The Morgan fingerprint density at radius 2 is 1.01 bits per heavy atom. The first-order valence-corrected chi connectivity index (χ1v) is 30.4. The molecule has 6 amide bonds. The molecule has 4 aliphatic heterocycles. The van der Waals surface area contributed by atoms with E-state index < -0.39 is 72.8 Å². The van der Waals surface area contributed by atoms with Crippen LogP contribution in [0.4, 0.5) is 0 Å². The van der Waals surface area contributed by atoms with Gasteiger partial charge in [-0.3, -0.25) is 53.0 Å². The summed E-state index contributed by atoms with van der Waals surface area (Å²) in [4.78, 5) is 118. The first-order chi connectivity index (χ1) is 36.4. The lowest BCUT2D eigenvalue weighted by atomic mass is 10.0. The number of carbonyl (C=O) groups is 9. The molecular formula is C54H78N8O10S4. The summed E-state index contributed by atoms with van der Waals surface area (Å²) < 4.78 is 0.0279. The van der Waals surface area contributed by atoms with Gasteiger partial charge in [0.2, 0.25) is 29.4 Å². The Labute approximate surface area is 464 Å². The molecule has 7 N–H and O–H groups in total. The van der Waals surface area contributed by atoms with Gasteiger partial charge in [0.15, 0.2) is 17.7 Å². The van der Waals surface area contributed by atoms with Crippen LogP contribution >= 0.6 is 47.0 Å². The number of carbonyl (C=O) groups excluding carboxylic acids is 9. The summed E-state index contributed by atoms with van der Waals surface area (Å²) >= 11 is 7.71. The summed E-state index contributed by atoms with van der Waals surface area (Å²) in [5.74, 6) is -0.139. The number of hydrogen-bond donors (Lipinski definition) is 7. The van der Waals surface area contributed by atoms with Crippen molar-refractivity contribution in [3.8, 4) is 0 Å². The number of rotatable bonds is 24. The van der Waals surface area contributed by atoms with Crippen LogP contribution in [0.1, 0.15) is 116 Å². The van der Waals surface area contributed by atoms with E-state index in [1.807, 2.05) is 80.8 Å². The first kappa shape index (κ1) is 62.4. The molecule has 2 aromatic carbocycles. The van der Waals surface area contributed by atoms with E-state index >= 15 is 0 Å². The molecule has 0 bridgehead atoms. The standard InChI is InChI=1S/C27H40N4O5S2.C27H38N4O5S2/c2*1-4-10-20(29-25(35)21-15-27(17-31(21)5-2)37-13-9-14-38-27)24(34)26(36)28-16-22(33)30-23(18(3)32)19-11-7-6-8-12-19/h6-8,11-12,20-21,23-24,34H,4-5,9-10,13-17H2,1-3H3,(H,28,36)(H,29,35)(H,30,33);6-8,11-12,20-21,23H,4-5,9-10,13-17H2,1-3H3,(H,28,36)(H,29,35)(H,30,33)/t20?,21-,23+,24?;20?,21-,23+/m00/s1. The number of thioether (sulfide) groups is 4. The summed E-state index contributed by atoms with van der Waals surface area (Å²) in [5, 5.41) is 26.6. The van der Waals surface area contributed by atoms with Crippen LogP contribution in [0.25, 0.3) is 0 Å². The van der Waals surface area contributed by atoms with Crippen molar-refractivity contribution in [2.75, 3.05) is 62.3 Å². The maximum Gasteiger partial charge on any atom is 0.290 e. The zero-order valence-corrected chi connectivity index (χ0v) is 48.0. The van der Waals surface area contributed by atoms with Gasteiger partial charge in [0.1, 0.15) is 12.1 Å². The van der Waals surface area contributed by atoms with Crippen molar-refractivity contribution in [2.24, 2.45) is 0 Å².